The van der Waals surface area contributed by atoms with Crippen molar-refractivity contribution in [1.29, 1.82) is 0 Å². The van der Waals surface area contributed by atoms with Gasteiger partial charge in [0.1, 0.15) is 12.1 Å². The van der Waals surface area contributed by atoms with Gasteiger partial charge in [-0.15, -0.1) is 0 Å². The summed E-state index contributed by atoms with van der Waals surface area (Å²) >= 11 is 0. The van der Waals surface area contributed by atoms with Crippen molar-refractivity contribution >= 4 is 17.8 Å². The van der Waals surface area contributed by atoms with Crippen LogP contribution in [0.4, 0.5) is 4.79 Å². The lowest BCUT2D eigenvalue weighted by Gasteiger charge is -2.22. The first kappa shape index (κ1) is 21.6. The number of nitrogens with one attached hydrogen (secondary N) is 2. The number of hydrogen-bond acceptors (Lipinski definition) is 6. The third kappa shape index (κ3) is 4.52. The summed E-state index contributed by atoms with van der Waals surface area (Å²) in [6.07, 6.45) is 0.619. The molecule has 1 saturated heterocycles. The number of carbonyl (C=O) groups excluding carboxylic acids is 3. The highest BCUT2D eigenvalue weighted by molar-refractivity contribution is 6.09. The number of hydrogen-bond donors (Lipinski definition) is 2. The zero-order valence-electron chi connectivity index (χ0n) is 17.8. The molecule has 0 bridgehead atoms. The van der Waals surface area contributed by atoms with Crippen LogP contribution in [0.5, 0.6) is 11.5 Å². The van der Waals surface area contributed by atoms with Crippen LogP contribution in [0, 0.1) is 0 Å². The molecule has 2 aromatic carbocycles. The first-order chi connectivity index (χ1) is 15.5. The fraction of sp³-hybridized carbons (Fsp3) is 0.348. The van der Waals surface area contributed by atoms with Gasteiger partial charge in [0, 0.05) is 13.2 Å². The van der Waals surface area contributed by atoms with E-state index in [1.807, 2.05) is 30.3 Å². The van der Waals surface area contributed by atoms with Gasteiger partial charge in [-0.1, -0.05) is 36.4 Å². The average molecular weight is 439 g/mol. The van der Waals surface area contributed by atoms with Crippen LogP contribution in [0.25, 0.3) is 0 Å². The second kappa shape index (κ2) is 9.27. The summed E-state index contributed by atoms with van der Waals surface area (Å²) in [5, 5.41) is 5.40. The third-order valence-electron chi connectivity index (χ3n) is 5.43. The third-order valence-corrected chi connectivity index (χ3v) is 5.43. The smallest absolute Gasteiger partial charge is 0.325 e. The number of ether oxygens (including phenoxy) is 3. The Bertz CT molecular complexity index is 1010. The number of nitrogens with zero attached hydrogens (tertiary/aromatic N) is 1. The maximum absolute atomic E-state index is 13.0. The van der Waals surface area contributed by atoms with Crippen LogP contribution in [-0.2, 0) is 26.5 Å². The Kier molecular flexibility index (Phi) is 6.27. The van der Waals surface area contributed by atoms with Crippen LogP contribution in [-0.4, -0.2) is 49.2 Å². The minimum absolute atomic E-state index is 0.111. The molecule has 1 atom stereocenters. The summed E-state index contributed by atoms with van der Waals surface area (Å²) in [6, 6.07) is 14.3. The van der Waals surface area contributed by atoms with E-state index in [9.17, 15) is 14.4 Å². The molecule has 0 saturated carbocycles. The number of amides is 4. The molecule has 2 N–H and O–H groups in total. The Morgan fingerprint density at radius 2 is 1.94 bits per heavy atom. The van der Waals surface area contributed by atoms with Crippen molar-refractivity contribution in [3.05, 3.63) is 59.7 Å². The van der Waals surface area contributed by atoms with Crippen LogP contribution in [0.3, 0.4) is 0 Å². The summed E-state index contributed by atoms with van der Waals surface area (Å²) in [4.78, 5) is 38.6. The molecule has 9 heteroatoms. The largest absolute Gasteiger partial charge is 0.454 e. The minimum Gasteiger partial charge on any atom is -0.454 e. The lowest BCUT2D eigenvalue weighted by Crippen LogP contribution is -2.43. The van der Waals surface area contributed by atoms with Crippen molar-refractivity contribution in [1.82, 2.24) is 15.5 Å². The Hall–Kier alpha value is -3.59. The molecular weight excluding hydrogens is 414 g/mol. The van der Waals surface area contributed by atoms with Gasteiger partial charge >= 0.3 is 6.03 Å². The predicted octanol–water partition coefficient (Wildman–Crippen LogP) is 1.91. The van der Waals surface area contributed by atoms with E-state index in [2.05, 4.69) is 10.6 Å². The Morgan fingerprint density at radius 3 is 2.75 bits per heavy atom. The zero-order chi connectivity index (χ0) is 22.6. The van der Waals surface area contributed by atoms with E-state index in [4.69, 9.17) is 14.2 Å². The molecule has 0 spiro atoms. The molecule has 0 aliphatic carbocycles. The van der Waals surface area contributed by atoms with Crippen molar-refractivity contribution in [3.8, 4) is 11.5 Å². The van der Waals surface area contributed by atoms with Gasteiger partial charge in [-0.05, 0) is 36.6 Å². The monoisotopic (exact) mass is 439 g/mol. The average Bonchev–Trinajstić information content (AvgIpc) is 3.35. The maximum atomic E-state index is 13.0. The van der Waals surface area contributed by atoms with Gasteiger partial charge < -0.3 is 24.8 Å². The van der Waals surface area contributed by atoms with Crippen molar-refractivity contribution in [2.45, 2.75) is 25.5 Å². The standard InChI is InChI=1S/C23H25N3O6/c1-23(17-8-9-18-19(12-17)32-15-31-18)21(28)26(22(29)25-23)13-20(27)24-10-5-11-30-14-16-6-3-2-4-7-16/h2-4,6-9,12H,5,10-11,13-15H2,1H3,(H,24,27)(H,25,29). The molecule has 4 amide bonds. The molecule has 0 radical (unpaired) electrons. The molecular formula is C23H25N3O6. The van der Waals surface area contributed by atoms with Crippen molar-refractivity contribution in [2.24, 2.45) is 0 Å². The molecule has 168 valence electrons. The predicted molar refractivity (Wildman–Crippen MR) is 114 cm³/mol. The van der Waals surface area contributed by atoms with Crippen LogP contribution in [0.15, 0.2) is 48.5 Å². The van der Waals surface area contributed by atoms with E-state index >= 15 is 0 Å². The Morgan fingerprint density at radius 1 is 1.16 bits per heavy atom. The Balaban J connectivity index is 1.24. The molecule has 1 fully saturated rings. The summed E-state index contributed by atoms with van der Waals surface area (Å²) in [7, 11) is 0. The highest BCUT2D eigenvalue weighted by Gasteiger charge is 2.49. The van der Waals surface area contributed by atoms with Gasteiger partial charge in [0.25, 0.3) is 5.91 Å². The molecule has 2 heterocycles. The molecule has 0 aromatic heterocycles. The topological polar surface area (TPSA) is 106 Å². The SMILES string of the molecule is CC1(c2ccc3c(c2)OCO3)NC(=O)N(CC(=O)NCCCOCc2ccccc2)C1=O. The number of urea groups is 1. The fourth-order valence-corrected chi connectivity index (χ4v) is 3.61. The second-order valence-electron chi connectivity index (χ2n) is 7.76. The van der Waals surface area contributed by atoms with Gasteiger partial charge in [-0.3, -0.25) is 14.5 Å². The second-order valence-corrected chi connectivity index (χ2v) is 7.76. The van der Waals surface area contributed by atoms with E-state index in [1.54, 1.807) is 25.1 Å². The number of imide groups is 1. The highest BCUT2D eigenvalue weighted by Crippen LogP contribution is 2.37. The lowest BCUT2D eigenvalue weighted by molar-refractivity contribution is -0.134. The van der Waals surface area contributed by atoms with Gasteiger partial charge in [0.2, 0.25) is 12.7 Å². The van der Waals surface area contributed by atoms with E-state index < -0.39 is 23.4 Å². The van der Waals surface area contributed by atoms with Crippen LogP contribution < -0.4 is 20.1 Å². The van der Waals surface area contributed by atoms with Crippen LogP contribution in [0.1, 0.15) is 24.5 Å². The summed E-state index contributed by atoms with van der Waals surface area (Å²) in [5.74, 6) is 0.184. The molecule has 4 rings (SSSR count). The summed E-state index contributed by atoms with van der Waals surface area (Å²) < 4.78 is 16.2. The van der Waals surface area contributed by atoms with E-state index in [1.165, 1.54) is 0 Å². The molecule has 2 aromatic rings. The van der Waals surface area contributed by atoms with E-state index in [0.717, 1.165) is 10.5 Å². The lowest BCUT2D eigenvalue weighted by atomic mass is 9.91. The molecule has 2 aliphatic heterocycles. The molecule has 9 nitrogen and oxygen atoms in total. The number of carbonyl (C=O) groups is 3. The number of rotatable bonds is 9. The van der Waals surface area contributed by atoms with Gasteiger partial charge in [0.15, 0.2) is 11.5 Å². The normalized spacial score (nSPS) is 19.2. The quantitative estimate of drug-likeness (QED) is 0.457. The zero-order valence-corrected chi connectivity index (χ0v) is 17.8. The van der Waals surface area contributed by atoms with E-state index in [-0.39, 0.29) is 13.3 Å². The van der Waals surface area contributed by atoms with E-state index in [0.29, 0.717) is 43.2 Å². The molecule has 2 aliphatic rings. The highest BCUT2D eigenvalue weighted by atomic mass is 16.7. The van der Waals surface area contributed by atoms with Gasteiger partial charge in [-0.25, -0.2) is 4.79 Å². The van der Waals surface area contributed by atoms with Gasteiger partial charge in [0.05, 0.1) is 6.61 Å². The maximum Gasteiger partial charge on any atom is 0.325 e. The minimum atomic E-state index is -1.29. The first-order valence-corrected chi connectivity index (χ1v) is 10.4. The van der Waals surface area contributed by atoms with Crippen molar-refractivity contribution in [2.75, 3.05) is 26.5 Å². The first-order valence-electron chi connectivity index (χ1n) is 10.4. The molecule has 1 unspecified atom stereocenters. The number of fused-ring (bicyclic) bond motifs is 1. The van der Waals surface area contributed by atoms with Crippen LogP contribution in [0.2, 0.25) is 0 Å². The Labute approximate surface area is 185 Å². The van der Waals surface area contributed by atoms with Gasteiger partial charge in [-0.2, -0.15) is 0 Å². The number of benzene rings is 2. The van der Waals surface area contributed by atoms with Crippen LogP contribution >= 0.6 is 0 Å². The summed E-state index contributed by atoms with van der Waals surface area (Å²) in [5.41, 5.74) is 0.350. The summed E-state index contributed by atoms with van der Waals surface area (Å²) in [6.45, 7) is 2.74. The molecule has 32 heavy (non-hydrogen) atoms. The van der Waals surface area contributed by atoms with Crippen molar-refractivity contribution < 1.29 is 28.6 Å². The van der Waals surface area contributed by atoms with Crippen molar-refractivity contribution in [3.63, 3.8) is 0 Å². The fourth-order valence-electron chi connectivity index (χ4n) is 3.61.